The molecule has 276 valence electrons. The highest BCUT2D eigenvalue weighted by molar-refractivity contribution is 7.85. The number of pyridine rings is 1. The Morgan fingerprint density at radius 3 is 2.47 bits per heavy atom. The van der Waals surface area contributed by atoms with Crippen molar-refractivity contribution in [2.24, 2.45) is 0 Å². The number of urea groups is 1. The molecule has 0 bridgehead atoms. The number of hydrogen-bond donors (Lipinski definition) is 2. The molecule has 0 unspecified atom stereocenters. The van der Waals surface area contributed by atoms with E-state index in [1.165, 1.54) is 0 Å². The van der Waals surface area contributed by atoms with Gasteiger partial charge in [-0.3, -0.25) is 18.6 Å². The number of hydrogen-bond acceptors (Lipinski definition) is 9. The van der Waals surface area contributed by atoms with Gasteiger partial charge >= 0.3 is 6.03 Å². The number of amides is 2. The third-order valence-corrected chi connectivity index (χ3v) is 10.0. The quantitative estimate of drug-likeness (QED) is 0.138. The van der Waals surface area contributed by atoms with E-state index in [9.17, 15) is 13.2 Å². The fourth-order valence-corrected chi connectivity index (χ4v) is 7.16. The number of nitrogens with zero attached hydrogens (tertiary/aromatic N) is 7. The van der Waals surface area contributed by atoms with Crippen LogP contribution in [-0.4, -0.2) is 61.5 Å². The summed E-state index contributed by atoms with van der Waals surface area (Å²) in [7, 11) is -3.57. The molecule has 53 heavy (non-hydrogen) atoms. The van der Waals surface area contributed by atoms with Crippen molar-refractivity contribution in [1.29, 1.82) is 0 Å². The Labute approximate surface area is 316 Å². The largest absolute Gasteiger partial charge is 0.484 e. The Bertz CT molecular complexity index is 2400. The van der Waals surface area contributed by atoms with Gasteiger partial charge in [-0.2, -0.15) is 18.6 Å². The van der Waals surface area contributed by atoms with E-state index in [-0.39, 0.29) is 30.7 Å². The van der Waals surface area contributed by atoms with Crippen molar-refractivity contribution in [2.75, 3.05) is 18.2 Å². The normalized spacial score (nSPS) is 16.0. The van der Waals surface area contributed by atoms with Crippen LogP contribution in [0.15, 0.2) is 79.3 Å². The SMILES string of the molecule is CC(C)(C)c1cc(NC(=O)N[C@H]2CC[C@@H](Oc3ccc4nnc(-c5c(Cl)cccc5Cl)n4c3)c3ccccc32)n(-c2cnn(CCOS(C)(=O)=O)c2)n1. The summed E-state index contributed by atoms with van der Waals surface area (Å²) in [4.78, 5) is 13.6. The molecule has 0 aliphatic heterocycles. The fraction of sp³-hybridized carbons (Fsp3) is 0.306. The lowest BCUT2D eigenvalue weighted by Gasteiger charge is -2.32. The second-order valence-corrected chi connectivity index (χ2v) is 16.2. The Kier molecular flexibility index (Phi) is 9.93. The van der Waals surface area contributed by atoms with Gasteiger partial charge < -0.3 is 10.1 Å². The first-order valence-electron chi connectivity index (χ1n) is 16.8. The average Bonchev–Trinajstić information content (AvgIpc) is 3.84. The maximum Gasteiger partial charge on any atom is 0.320 e. The van der Waals surface area contributed by atoms with E-state index >= 15 is 0 Å². The zero-order chi connectivity index (χ0) is 37.5. The van der Waals surface area contributed by atoms with Gasteiger partial charge in [-0.1, -0.05) is 74.3 Å². The van der Waals surface area contributed by atoms with E-state index in [0.717, 1.165) is 23.1 Å². The zero-order valence-electron chi connectivity index (χ0n) is 29.3. The number of aromatic nitrogens is 7. The number of carbonyl (C=O) groups excluding carboxylic acids is 1. The van der Waals surface area contributed by atoms with Crippen molar-refractivity contribution in [3.63, 3.8) is 0 Å². The van der Waals surface area contributed by atoms with Gasteiger partial charge in [0, 0.05) is 11.5 Å². The second-order valence-electron chi connectivity index (χ2n) is 13.7. The third-order valence-electron chi connectivity index (χ3n) is 8.78. The molecule has 0 spiro atoms. The average molecular weight is 779 g/mol. The molecule has 0 saturated carbocycles. The van der Waals surface area contributed by atoms with E-state index in [2.05, 4.69) is 25.9 Å². The molecule has 4 aromatic heterocycles. The first-order chi connectivity index (χ1) is 25.2. The van der Waals surface area contributed by atoms with Crippen LogP contribution in [0.2, 0.25) is 10.0 Å². The minimum atomic E-state index is -3.57. The summed E-state index contributed by atoms with van der Waals surface area (Å²) in [5.41, 5.74) is 4.16. The molecule has 1 aliphatic carbocycles. The molecule has 0 fully saturated rings. The minimum Gasteiger partial charge on any atom is -0.484 e. The summed E-state index contributed by atoms with van der Waals surface area (Å²) in [6.07, 6.45) is 7.11. The second kappa shape index (κ2) is 14.5. The Morgan fingerprint density at radius 1 is 0.981 bits per heavy atom. The van der Waals surface area contributed by atoms with Crippen LogP contribution in [0.3, 0.4) is 0 Å². The first kappa shape index (κ1) is 36.4. The molecule has 6 aromatic rings. The highest BCUT2D eigenvalue weighted by Crippen LogP contribution is 2.40. The summed E-state index contributed by atoms with van der Waals surface area (Å²) >= 11 is 13.0. The van der Waals surface area contributed by atoms with Gasteiger partial charge in [0.15, 0.2) is 11.5 Å². The lowest BCUT2D eigenvalue weighted by Crippen LogP contribution is -2.36. The summed E-state index contributed by atoms with van der Waals surface area (Å²) in [6, 6.07) is 18.0. The van der Waals surface area contributed by atoms with Crippen LogP contribution in [-0.2, 0) is 26.3 Å². The topological polar surface area (TPSA) is 160 Å². The van der Waals surface area contributed by atoms with Crippen molar-refractivity contribution >= 4 is 50.8 Å². The van der Waals surface area contributed by atoms with Gasteiger partial charge in [0.1, 0.15) is 23.4 Å². The molecule has 2 amide bonds. The summed E-state index contributed by atoms with van der Waals surface area (Å²) in [5, 5.41) is 24.8. The van der Waals surface area contributed by atoms with Crippen molar-refractivity contribution in [2.45, 2.75) is 57.7 Å². The summed E-state index contributed by atoms with van der Waals surface area (Å²) in [5.74, 6) is 1.57. The number of ether oxygens (including phenoxy) is 1. The number of carbonyl (C=O) groups is 1. The molecular formula is C36H37Cl2N9O5S. The van der Waals surface area contributed by atoms with Crippen molar-refractivity contribution in [3.05, 3.63) is 106 Å². The van der Waals surface area contributed by atoms with Crippen molar-refractivity contribution in [1.82, 2.24) is 39.5 Å². The molecular weight excluding hydrogens is 741 g/mol. The number of rotatable bonds is 10. The van der Waals surface area contributed by atoms with Crippen LogP contribution in [0.4, 0.5) is 10.6 Å². The van der Waals surface area contributed by atoms with Crippen molar-refractivity contribution < 1.29 is 22.1 Å². The Balaban J connectivity index is 1.08. The van der Waals surface area contributed by atoms with Crippen LogP contribution in [0.25, 0.3) is 22.7 Å². The molecule has 1 aliphatic rings. The predicted octanol–water partition coefficient (Wildman–Crippen LogP) is 7.14. The maximum absolute atomic E-state index is 13.6. The van der Waals surface area contributed by atoms with Crippen LogP contribution in [0, 0.1) is 0 Å². The highest BCUT2D eigenvalue weighted by atomic mass is 35.5. The Morgan fingerprint density at radius 2 is 1.74 bits per heavy atom. The van der Waals surface area contributed by atoms with Crippen LogP contribution >= 0.6 is 23.2 Å². The molecule has 2 aromatic carbocycles. The Hall–Kier alpha value is -4.96. The van der Waals surface area contributed by atoms with Crippen molar-refractivity contribution in [3.8, 4) is 22.8 Å². The molecule has 4 heterocycles. The number of anilines is 1. The monoisotopic (exact) mass is 777 g/mol. The molecule has 0 radical (unpaired) electrons. The highest BCUT2D eigenvalue weighted by Gasteiger charge is 2.30. The summed E-state index contributed by atoms with van der Waals surface area (Å²) < 4.78 is 39.1. The first-order valence-corrected chi connectivity index (χ1v) is 19.4. The molecule has 17 heteroatoms. The van der Waals surface area contributed by atoms with E-state index < -0.39 is 16.1 Å². The number of halogens is 2. The number of benzene rings is 2. The molecule has 0 saturated heterocycles. The zero-order valence-corrected chi connectivity index (χ0v) is 31.7. The fourth-order valence-electron chi connectivity index (χ4n) is 6.22. The lowest BCUT2D eigenvalue weighted by molar-refractivity contribution is 0.171. The van der Waals surface area contributed by atoms with E-state index in [4.69, 9.17) is 37.2 Å². The molecule has 2 atom stereocenters. The van der Waals surface area contributed by atoms with Gasteiger partial charge in [-0.05, 0) is 48.2 Å². The predicted molar refractivity (Wildman–Crippen MR) is 201 cm³/mol. The van der Waals surface area contributed by atoms with Crippen LogP contribution < -0.4 is 15.4 Å². The molecule has 7 rings (SSSR count). The van der Waals surface area contributed by atoms with E-state index in [0.29, 0.717) is 57.2 Å². The maximum atomic E-state index is 13.6. The van der Waals surface area contributed by atoms with Gasteiger partial charge in [0.25, 0.3) is 10.1 Å². The third kappa shape index (κ3) is 8.03. The summed E-state index contributed by atoms with van der Waals surface area (Å²) in [6.45, 7) is 6.25. The molecule has 14 nitrogen and oxygen atoms in total. The number of nitrogens with one attached hydrogen (secondary N) is 2. The minimum absolute atomic E-state index is 0.0638. The smallest absolute Gasteiger partial charge is 0.320 e. The lowest BCUT2D eigenvalue weighted by atomic mass is 9.85. The van der Waals surface area contributed by atoms with Gasteiger partial charge in [0.05, 0.1) is 65.3 Å². The van der Waals surface area contributed by atoms with Crippen LogP contribution in [0.1, 0.15) is 62.6 Å². The van der Waals surface area contributed by atoms with Gasteiger partial charge in [-0.15, -0.1) is 10.2 Å². The van der Waals surface area contributed by atoms with E-state index in [1.54, 1.807) is 44.4 Å². The number of fused-ring (bicyclic) bond motifs is 2. The van der Waals surface area contributed by atoms with E-state index in [1.807, 2.05) is 69.4 Å². The standard InChI is InChI=1S/C36H37Cl2N9O5S/c1-36(2,3)30-18-32(47(44-30)22-19-39-45(20-22)16-17-51-53(4,49)50)41-35(48)40-28-13-14-29(25-9-6-5-8-24(25)28)52-23-12-15-31-42-43-34(46(31)21-23)33-26(37)10-7-11-27(33)38/h5-12,15,18-21,28-29H,13-14,16-17H2,1-4H3,(H2,40,41,48)/t28-,29+/m0/s1. The van der Waals surface area contributed by atoms with Crippen LogP contribution in [0.5, 0.6) is 5.75 Å². The molecule has 2 N–H and O–H groups in total. The van der Waals surface area contributed by atoms with Gasteiger partial charge in [0.2, 0.25) is 0 Å². The van der Waals surface area contributed by atoms with Gasteiger partial charge in [-0.25, -0.2) is 9.48 Å².